The number of hydrogen-bond donors (Lipinski definition) is 0. The summed E-state index contributed by atoms with van der Waals surface area (Å²) in [5.41, 5.74) is 0.995. The smallest absolute Gasteiger partial charge is 0.387 e. The van der Waals surface area contributed by atoms with E-state index in [1.165, 1.54) is 24.3 Å². The predicted octanol–water partition coefficient (Wildman–Crippen LogP) is 5.02. The molecule has 0 saturated carbocycles. The molecule has 0 amide bonds. The zero-order chi connectivity index (χ0) is 15.4. The number of alkyl halides is 2. The Morgan fingerprint density at radius 3 is 2.38 bits per heavy atom. The minimum Gasteiger partial charge on any atom is -0.435 e. The van der Waals surface area contributed by atoms with Gasteiger partial charge in [0.15, 0.2) is 5.78 Å². The third-order valence-electron chi connectivity index (χ3n) is 2.78. The van der Waals surface area contributed by atoms with Crippen LogP contribution in [0.25, 0.3) is 0 Å². The molecule has 6 heteroatoms. The number of halogens is 4. The maximum absolute atomic E-state index is 12.1. The molecule has 0 spiro atoms. The van der Waals surface area contributed by atoms with Gasteiger partial charge in [-0.25, -0.2) is 0 Å². The minimum absolute atomic E-state index is 0.00216. The minimum atomic E-state index is -2.89. The van der Waals surface area contributed by atoms with E-state index in [4.69, 9.17) is 23.2 Å². The van der Waals surface area contributed by atoms with Crippen LogP contribution >= 0.6 is 23.2 Å². The SMILES string of the molecule is O=C(Cc1cccc(Cl)c1Cl)c1ccc(OC(F)F)cc1. The maximum Gasteiger partial charge on any atom is 0.387 e. The molecule has 0 saturated heterocycles. The quantitative estimate of drug-likeness (QED) is 0.719. The zero-order valence-corrected chi connectivity index (χ0v) is 12.2. The Kier molecular flexibility index (Phi) is 5.15. The number of carbonyl (C=O) groups excluding carboxylic acids is 1. The third-order valence-corrected chi connectivity index (χ3v) is 3.64. The Labute approximate surface area is 130 Å². The molecule has 21 heavy (non-hydrogen) atoms. The molecule has 0 heterocycles. The topological polar surface area (TPSA) is 26.3 Å². The van der Waals surface area contributed by atoms with E-state index in [-0.39, 0.29) is 18.0 Å². The van der Waals surface area contributed by atoms with Crippen LogP contribution in [0.1, 0.15) is 15.9 Å². The van der Waals surface area contributed by atoms with E-state index in [2.05, 4.69) is 4.74 Å². The lowest BCUT2D eigenvalue weighted by atomic mass is 10.0. The first-order chi connectivity index (χ1) is 9.97. The second-order valence-corrected chi connectivity index (χ2v) is 5.00. The number of benzene rings is 2. The van der Waals surface area contributed by atoms with Gasteiger partial charge in [0.1, 0.15) is 5.75 Å². The summed E-state index contributed by atoms with van der Waals surface area (Å²) in [5, 5.41) is 0.716. The molecule has 2 nitrogen and oxygen atoms in total. The number of ketones is 1. The van der Waals surface area contributed by atoms with E-state index in [1.54, 1.807) is 18.2 Å². The molecule has 2 aromatic rings. The molecule has 0 bridgehead atoms. The molecule has 0 unspecified atom stereocenters. The van der Waals surface area contributed by atoms with Crippen molar-refractivity contribution in [2.45, 2.75) is 13.0 Å². The molecular weight excluding hydrogens is 321 g/mol. The van der Waals surface area contributed by atoms with Gasteiger partial charge in [-0.3, -0.25) is 4.79 Å². The van der Waals surface area contributed by atoms with E-state index < -0.39 is 6.61 Å². The van der Waals surface area contributed by atoms with Crippen molar-refractivity contribution in [1.82, 2.24) is 0 Å². The van der Waals surface area contributed by atoms with Gasteiger partial charge in [-0.1, -0.05) is 35.3 Å². The van der Waals surface area contributed by atoms with Crippen LogP contribution in [0.15, 0.2) is 42.5 Å². The van der Waals surface area contributed by atoms with Gasteiger partial charge in [-0.15, -0.1) is 0 Å². The molecule has 0 aliphatic rings. The van der Waals surface area contributed by atoms with Crippen molar-refractivity contribution >= 4 is 29.0 Å². The predicted molar refractivity (Wildman–Crippen MR) is 77.6 cm³/mol. The second kappa shape index (κ2) is 6.87. The first kappa shape index (κ1) is 15.7. The molecule has 0 radical (unpaired) electrons. The second-order valence-electron chi connectivity index (χ2n) is 4.22. The van der Waals surface area contributed by atoms with Crippen LogP contribution in [0.3, 0.4) is 0 Å². The van der Waals surface area contributed by atoms with Crippen molar-refractivity contribution in [2.24, 2.45) is 0 Å². The van der Waals surface area contributed by atoms with Crippen molar-refractivity contribution < 1.29 is 18.3 Å². The Morgan fingerprint density at radius 2 is 1.76 bits per heavy atom. The number of Topliss-reactive ketones (excluding diaryl/α,β-unsaturated/α-hetero) is 1. The van der Waals surface area contributed by atoms with Crippen molar-refractivity contribution in [3.63, 3.8) is 0 Å². The largest absolute Gasteiger partial charge is 0.435 e. The van der Waals surface area contributed by atoms with Crippen LogP contribution in [0.4, 0.5) is 8.78 Å². The highest BCUT2D eigenvalue weighted by atomic mass is 35.5. The van der Waals surface area contributed by atoms with Crippen LogP contribution in [0.2, 0.25) is 10.0 Å². The van der Waals surface area contributed by atoms with E-state index in [0.717, 1.165) is 0 Å². The van der Waals surface area contributed by atoms with Crippen LogP contribution in [0, 0.1) is 0 Å². The molecule has 110 valence electrons. The van der Waals surface area contributed by atoms with E-state index >= 15 is 0 Å². The lowest BCUT2D eigenvalue weighted by Gasteiger charge is -2.07. The van der Waals surface area contributed by atoms with Crippen molar-refractivity contribution in [1.29, 1.82) is 0 Å². The summed E-state index contributed by atoms with van der Waals surface area (Å²) in [6.07, 6.45) is 0.0778. The first-order valence-electron chi connectivity index (χ1n) is 5.98. The summed E-state index contributed by atoms with van der Waals surface area (Å²) in [5.74, 6) is -0.190. The van der Waals surface area contributed by atoms with Crippen LogP contribution in [-0.2, 0) is 6.42 Å². The van der Waals surface area contributed by atoms with Gasteiger partial charge in [0.2, 0.25) is 0 Å². The standard InChI is InChI=1S/C15H10Cl2F2O2/c16-12-3-1-2-10(14(12)17)8-13(20)9-4-6-11(7-5-9)21-15(18)19/h1-7,15H,8H2. The van der Waals surface area contributed by atoms with E-state index in [0.29, 0.717) is 21.2 Å². The highest BCUT2D eigenvalue weighted by Gasteiger charge is 2.12. The monoisotopic (exact) mass is 330 g/mol. The Hall–Kier alpha value is -1.65. The number of ether oxygens (including phenoxy) is 1. The van der Waals surface area contributed by atoms with Crippen LogP contribution in [-0.4, -0.2) is 12.4 Å². The molecule has 0 aliphatic carbocycles. The van der Waals surface area contributed by atoms with E-state index in [1.807, 2.05) is 0 Å². The number of hydrogen-bond acceptors (Lipinski definition) is 2. The fourth-order valence-electron chi connectivity index (χ4n) is 1.78. The average Bonchev–Trinajstić information content (AvgIpc) is 2.44. The molecule has 2 aromatic carbocycles. The third kappa shape index (κ3) is 4.16. The summed E-state index contributed by atoms with van der Waals surface area (Å²) < 4.78 is 28.3. The maximum atomic E-state index is 12.1. The average molecular weight is 331 g/mol. The summed E-state index contributed by atoms with van der Waals surface area (Å²) in [7, 11) is 0. The van der Waals surface area contributed by atoms with Gasteiger partial charge in [0.25, 0.3) is 0 Å². The summed E-state index contributed by atoms with van der Waals surface area (Å²) in [6, 6.07) is 10.5. The van der Waals surface area contributed by atoms with Crippen LogP contribution in [0.5, 0.6) is 5.75 Å². The van der Waals surface area contributed by atoms with Crippen molar-refractivity contribution in [2.75, 3.05) is 0 Å². The molecular formula is C15H10Cl2F2O2. The lowest BCUT2D eigenvalue weighted by molar-refractivity contribution is -0.0498. The Morgan fingerprint density at radius 1 is 1.10 bits per heavy atom. The van der Waals surface area contributed by atoms with Gasteiger partial charge >= 0.3 is 6.61 Å². The van der Waals surface area contributed by atoms with Gasteiger partial charge in [-0.05, 0) is 35.9 Å². The summed E-state index contributed by atoms with van der Waals surface area (Å²) in [6.45, 7) is -2.89. The summed E-state index contributed by atoms with van der Waals surface area (Å²) in [4.78, 5) is 12.1. The van der Waals surface area contributed by atoms with Gasteiger partial charge in [0.05, 0.1) is 10.0 Å². The first-order valence-corrected chi connectivity index (χ1v) is 6.74. The van der Waals surface area contributed by atoms with Gasteiger partial charge in [0, 0.05) is 12.0 Å². The highest BCUT2D eigenvalue weighted by molar-refractivity contribution is 6.42. The molecule has 0 fully saturated rings. The molecule has 0 aliphatic heterocycles. The fourth-order valence-corrected chi connectivity index (χ4v) is 2.17. The summed E-state index contributed by atoms with van der Waals surface area (Å²) >= 11 is 11.9. The van der Waals surface area contributed by atoms with Gasteiger partial charge in [-0.2, -0.15) is 8.78 Å². The number of rotatable bonds is 5. The number of carbonyl (C=O) groups is 1. The van der Waals surface area contributed by atoms with Crippen molar-refractivity contribution in [3.8, 4) is 5.75 Å². The molecule has 0 atom stereocenters. The highest BCUT2D eigenvalue weighted by Crippen LogP contribution is 2.26. The van der Waals surface area contributed by atoms with Crippen molar-refractivity contribution in [3.05, 3.63) is 63.6 Å². The Bertz CT molecular complexity index is 643. The fraction of sp³-hybridized carbons (Fsp3) is 0.133. The molecule has 2 rings (SSSR count). The van der Waals surface area contributed by atoms with Crippen LogP contribution < -0.4 is 4.74 Å². The van der Waals surface area contributed by atoms with E-state index in [9.17, 15) is 13.6 Å². The molecule has 0 N–H and O–H groups in total. The van der Waals surface area contributed by atoms with Gasteiger partial charge < -0.3 is 4.74 Å². The lowest BCUT2D eigenvalue weighted by Crippen LogP contribution is -2.05. The normalized spacial score (nSPS) is 10.7. The zero-order valence-electron chi connectivity index (χ0n) is 10.7. The molecule has 0 aromatic heterocycles. The Balaban J connectivity index is 2.11.